The maximum absolute atomic E-state index is 13.7. The highest BCUT2D eigenvalue weighted by Gasteiger charge is 2.25. The number of nitrogens with zero attached hydrogens (tertiary/aromatic N) is 4. The second-order valence-electron chi connectivity index (χ2n) is 7.87. The summed E-state index contributed by atoms with van der Waals surface area (Å²) in [6, 6.07) is 18.6. The van der Waals surface area contributed by atoms with Crippen LogP contribution in [-0.2, 0) is 6.54 Å². The van der Waals surface area contributed by atoms with Crippen molar-refractivity contribution >= 4 is 17.1 Å². The van der Waals surface area contributed by atoms with E-state index in [-0.39, 0.29) is 34.9 Å². The lowest BCUT2D eigenvalue weighted by Crippen LogP contribution is -2.24. The van der Waals surface area contributed by atoms with E-state index in [1.807, 2.05) is 62.4 Å². The van der Waals surface area contributed by atoms with Crippen LogP contribution in [0.1, 0.15) is 27.2 Å². The van der Waals surface area contributed by atoms with E-state index in [2.05, 4.69) is 9.97 Å². The summed E-state index contributed by atoms with van der Waals surface area (Å²) in [7, 11) is 0. The largest absolute Gasteiger partial charge is 0.461 e. The van der Waals surface area contributed by atoms with E-state index >= 15 is 0 Å². The van der Waals surface area contributed by atoms with Gasteiger partial charge in [0, 0.05) is 0 Å². The Bertz CT molecular complexity index is 1550. The molecule has 3 heterocycles. The lowest BCUT2D eigenvalue weighted by Gasteiger charge is -2.07. The molecular formula is C25H21N5O3. The van der Waals surface area contributed by atoms with Gasteiger partial charge >= 0.3 is 5.69 Å². The summed E-state index contributed by atoms with van der Waals surface area (Å²) in [4.78, 5) is 35.2. The number of carbonyl (C=O) groups is 1. The minimum atomic E-state index is -0.755. The van der Waals surface area contributed by atoms with Crippen LogP contribution in [0, 0.1) is 13.8 Å². The molecule has 164 valence electrons. The molecule has 0 spiro atoms. The highest BCUT2D eigenvalue weighted by Crippen LogP contribution is 2.25. The Kier molecular flexibility index (Phi) is 4.90. The number of carbonyl (C=O) groups excluding carboxylic acids is 1. The fourth-order valence-corrected chi connectivity index (χ4v) is 3.85. The van der Waals surface area contributed by atoms with Crippen molar-refractivity contribution in [2.75, 3.05) is 0 Å². The average Bonchev–Trinajstić information content (AvgIpc) is 3.43. The van der Waals surface area contributed by atoms with Gasteiger partial charge in [0.15, 0.2) is 22.9 Å². The summed E-state index contributed by atoms with van der Waals surface area (Å²) in [5, 5.41) is 0. The van der Waals surface area contributed by atoms with Crippen LogP contribution in [0.2, 0.25) is 0 Å². The highest BCUT2D eigenvalue weighted by molar-refractivity contribution is 6.02. The lowest BCUT2D eigenvalue weighted by molar-refractivity contribution is 0.0997. The van der Waals surface area contributed by atoms with E-state index in [0.29, 0.717) is 11.4 Å². The molecule has 0 saturated heterocycles. The predicted molar refractivity (Wildman–Crippen MR) is 124 cm³/mol. The monoisotopic (exact) mass is 439 g/mol. The van der Waals surface area contributed by atoms with Crippen molar-refractivity contribution in [2.45, 2.75) is 20.4 Å². The van der Waals surface area contributed by atoms with Crippen molar-refractivity contribution in [1.29, 1.82) is 0 Å². The third-order valence-electron chi connectivity index (χ3n) is 5.68. The van der Waals surface area contributed by atoms with Gasteiger partial charge < -0.3 is 10.2 Å². The number of rotatable bonds is 5. The minimum absolute atomic E-state index is 0.0398. The number of fused-ring (bicyclic) bond motifs is 1. The number of primary amides is 1. The Morgan fingerprint density at radius 3 is 2.45 bits per heavy atom. The highest BCUT2D eigenvalue weighted by atomic mass is 16.3. The van der Waals surface area contributed by atoms with E-state index in [1.165, 1.54) is 15.4 Å². The van der Waals surface area contributed by atoms with Gasteiger partial charge in [0.1, 0.15) is 5.52 Å². The number of aryl methyl sites for hydroxylation is 2. The summed E-state index contributed by atoms with van der Waals surface area (Å²) >= 11 is 0. The fourth-order valence-electron chi connectivity index (χ4n) is 3.85. The Balaban J connectivity index is 1.88. The molecule has 2 aromatic carbocycles. The second kappa shape index (κ2) is 7.90. The van der Waals surface area contributed by atoms with Gasteiger partial charge in [-0.25, -0.2) is 19.3 Å². The van der Waals surface area contributed by atoms with Crippen molar-refractivity contribution in [2.24, 2.45) is 5.73 Å². The summed E-state index contributed by atoms with van der Waals surface area (Å²) in [6.45, 7) is 4.21. The number of aromatic nitrogens is 4. The summed E-state index contributed by atoms with van der Waals surface area (Å²) in [5.41, 5.74) is 9.57. The molecule has 33 heavy (non-hydrogen) atoms. The predicted octanol–water partition coefficient (Wildman–Crippen LogP) is 3.61. The van der Waals surface area contributed by atoms with Crippen molar-refractivity contribution in [3.63, 3.8) is 0 Å². The Labute approximate surface area is 188 Å². The lowest BCUT2D eigenvalue weighted by atomic mass is 10.1. The smallest absolute Gasteiger partial charge is 0.335 e. The van der Waals surface area contributed by atoms with Gasteiger partial charge in [-0.3, -0.25) is 9.36 Å². The van der Waals surface area contributed by atoms with Crippen molar-refractivity contribution < 1.29 is 9.21 Å². The van der Waals surface area contributed by atoms with Gasteiger partial charge in [-0.2, -0.15) is 0 Å². The number of furan rings is 1. The summed E-state index contributed by atoms with van der Waals surface area (Å²) < 4.78 is 8.43. The van der Waals surface area contributed by atoms with Gasteiger partial charge in [-0.1, -0.05) is 36.4 Å². The molecule has 0 unspecified atom stereocenters. The standard InChI is InChI=1S/C25H21N5O3/c1-15-10-11-18(13-16(15)2)30-24-21(29(25(30)32)14-17-7-4-3-5-8-17)20(22(26)31)27-23(28-24)19-9-6-12-33-19/h3-13H,14H2,1-2H3,(H2,26,31). The average molecular weight is 439 g/mol. The van der Waals surface area contributed by atoms with E-state index in [9.17, 15) is 9.59 Å². The zero-order chi connectivity index (χ0) is 23.1. The number of hydrogen-bond acceptors (Lipinski definition) is 5. The third-order valence-corrected chi connectivity index (χ3v) is 5.68. The van der Waals surface area contributed by atoms with Crippen LogP contribution in [0.25, 0.3) is 28.4 Å². The van der Waals surface area contributed by atoms with Gasteiger partial charge in [-0.05, 0) is 54.8 Å². The molecule has 0 aliphatic carbocycles. The van der Waals surface area contributed by atoms with Crippen LogP contribution in [0.4, 0.5) is 0 Å². The Morgan fingerprint density at radius 2 is 1.79 bits per heavy atom. The molecule has 1 amide bonds. The van der Waals surface area contributed by atoms with Crippen molar-refractivity contribution in [3.05, 3.63) is 99.8 Å². The molecule has 0 saturated carbocycles. The van der Waals surface area contributed by atoms with E-state index in [0.717, 1.165) is 16.7 Å². The number of nitrogens with two attached hydrogens (primary N) is 1. The number of amides is 1. The molecule has 0 radical (unpaired) electrons. The molecule has 0 aliphatic heterocycles. The summed E-state index contributed by atoms with van der Waals surface area (Å²) in [5.74, 6) is -0.209. The molecule has 3 aromatic heterocycles. The van der Waals surface area contributed by atoms with Gasteiger partial charge in [-0.15, -0.1) is 0 Å². The molecule has 8 nitrogen and oxygen atoms in total. The Hall–Kier alpha value is -4.46. The molecule has 5 aromatic rings. The van der Waals surface area contributed by atoms with Crippen molar-refractivity contribution in [3.8, 4) is 17.3 Å². The van der Waals surface area contributed by atoms with E-state index in [1.54, 1.807) is 12.1 Å². The van der Waals surface area contributed by atoms with Crippen LogP contribution < -0.4 is 11.4 Å². The normalized spacial score (nSPS) is 11.2. The first-order chi connectivity index (χ1) is 15.9. The quantitative estimate of drug-likeness (QED) is 0.450. The number of benzene rings is 2. The Morgan fingerprint density at radius 1 is 1.00 bits per heavy atom. The zero-order valence-electron chi connectivity index (χ0n) is 18.1. The SMILES string of the molecule is Cc1ccc(-n2c(=O)n(Cc3ccccc3)c3c(C(N)=O)nc(-c4ccco4)nc32)cc1C. The topological polar surface area (TPSA) is 109 Å². The first-order valence-electron chi connectivity index (χ1n) is 10.4. The van der Waals surface area contributed by atoms with E-state index < -0.39 is 5.91 Å². The maximum atomic E-state index is 13.7. The molecule has 5 rings (SSSR count). The van der Waals surface area contributed by atoms with Crippen molar-refractivity contribution in [1.82, 2.24) is 19.1 Å². The number of imidazole rings is 1. The minimum Gasteiger partial charge on any atom is -0.461 e. The summed E-state index contributed by atoms with van der Waals surface area (Å²) in [6.07, 6.45) is 1.49. The second-order valence-corrected chi connectivity index (χ2v) is 7.87. The van der Waals surface area contributed by atoms with Crippen LogP contribution in [0.5, 0.6) is 0 Å². The van der Waals surface area contributed by atoms with Gasteiger partial charge in [0.25, 0.3) is 5.91 Å². The van der Waals surface area contributed by atoms with Crippen LogP contribution in [0.15, 0.2) is 76.1 Å². The molecule has 0 atom stereocenters. The molecular weight excluding hydrogens is 418 g/mol. The van der Waals surface area contributed by atoms with Gasteiger partial charge in [0.2, 0.25) is 0 Å². The molecule has 0 aliphatic rings. The van der Waals surface area contributed by atoms with E-state index in [4.69, 9.17) is 10.2 Å². The first-order valence-corrected chi connectivity index (χ1v) is 10.4. The molecule has 0 bridgehead atoms. The molecule has 8 heteroatoms. The number of hydrogen-bond donors (Lipinski definition) is 1. The van der Waals surface area contributed by atoms with Crippen LogP contribution >= 0.6 is 0 Å². The third kappa shape index (κ3) is 3.51. The van der Waals surface area contributed by atoms with Gasteiger partial charge in [0.05, 0.1) is 18.5 Å². The first kappa shape index (κ1) is 20.4. The van der Waals surface area contributed by atoms with Crippen LogP contribution in [0.3, 0.4) is 0 Å². The molecule has 0 fully saturated rings. The maximum Gasteiger partial charge on any atom is 0.335 e. The van der Waals surface area contributed by atoms with Crippen LogP contribution in [-0.4, -0.2) is 25.0 Å². The fraction of sp³-hybridized carbons (Fsp3) is 0.120. The zero-order valence-corrected chi connectivity index (χ0v) is 18.1. The molecule has 2 N–H and O–H groups in total.